The van der Waals surface area contributed by atoms with Gasteiger partial charge in [0.15, 0.2) is 0 Å². The lowest BCUT2D eigenvalue weighted by Crippen LogP contribution is -2.21. The summed E-state index contributed by atoms with van der Waals surface area (Å²) in [7, 11) is 1.01. The summed E-state index contributed by atoms with van der Waals surface area (Å²) in [4.78, 5) is 0. The van der Waals surface area contributed by atoms with E-state index in [2.05, 4.69) is 5.32 Å². The van der Waals surface area contributed by atoms with Crippen molar-refractivity contribution in [3.8, 4) is 5.75 Å². The molecule has 0 aliphatic rings. The van der Waals surface area contributed by atoms with Crippen molar-refractivity contribution < 1.29 is 17.6 Å². The zero-order valence-electron chi connectivity index (χ0n) is 12.2. The van der Waals surface area contributed by atoms with Crippen molar-refractivity contribution >= 4 is 15.7 Å². The van der Waals surface area contributed by atoms with E-state index in [1.807, 2.05) is 24.3 Å². The van der Waals surface area contributed by atoms with Crippen molar-refractivity contribution in [3.63, 3.8) is 0 Å². The molecule has 0 aliphatic carbocycles. The van der Waals surface area contributed by atoms with Gasteiger partial charge < -0.3 is 14.5 Å². The summed E-state index contributed by atoms with van der Waals surface area (Å²) in [5.41, 5.74) is 0.893. The third-order valence-electron chi connectivity index (χ3n) is 2.93. The van der Waals surface area contributed by atoms with Crippen LogP contribution in [-0.2, 0) is 16.6 Å². The molecule has 0 radical (unpaired) electrons. The number of rotatable bonds is 6. The zero-order chi connectivity index (χ0) is 15.5. The van der Waals surface area contributed by atoms with Crippen molar-refractivity contribution in [1.29, 1.82) is 0 Å². The fourth-order valence-corrected chi connectivity index (χ4v) is 2.48. The van der Waals surface area contributed by atoms with Crippen LogP contribution in [0.25, 0.3) is 0 Å². The van der Waals surface area contributed by atoms with E-state index in [1.54, 1.807) is 13.2 Å². The number of benzene rings is 1. The first-order valence-corrected chi connectivity index (χ1v) is 7.76. The van der Waals surface area contributed by atoms with Crippen LogP contribution < -0.4 is 10.1 Å². The number of anilines is 1. The molecule has 0 amide bonds. The molecule has 0 saturated carbocycles. The molecule has 1 N–H and O–H groups in total. The van der Waals surface area contributed by atoms with Gasteiger partial charge in [-0.1, -0.05) is 0 Å². The number of methoxy groups -OCH3 is 1. The van der Waals surface area contributed by atoms with Gasteiger partial charge >= 0.3 is 0 Å². The molecule has 1 aromatic heterocycles. The number of nitrogens with zero attached hydrogens (tertiary/aromatic N) is 1. The molecule has 0 aliphatic heterocycles. The molecule has 2 rings (SSSR count). The van der Waals surface area contributed by atoms with Gasteiger partial charge in [0.25, 0.3) is 10.0 Å². The van der Waals surface area contributed by atoms with E-state index in [0.717, 1.165) is 15.7 Å². The summed E-state index contributed by atoms with van der Waals surface area (Å²) in [5, 5.41) is 3.09. The lowest BCUT2D eigenvalue weighted by atomic mass is 10.3. The van der Waals surface area contributed by atoms with Gasteiger partial charge in [0.2, 0.25) is 5.09 Å². The summed E-state index contributed by atoms with van der Waals surface area (Å²) in [6, 6.07) is 10.5. The predicted octanol–water partition coefficient (Wildman–Crippen LogP) is 2.15. The first-order valence-electron chi connectivity index (χ1n) is 6.32. The van der Waals surface area contributed by atoms with Crippen LogP contribution in [0.2, 0.25) is 0 Å². The fourth-order valence-electron chi connectivity index (χ4n) is 1.67. The Labute approximate surface area is 124 Å². The van der Waals surface area contributed by atoms with Gasteiger partial charge in [-0.15, -0.1) is 0 Å². The predicted molar refractivity (Wildman–Crippen MR) is 79.9 cm³/mol. The van der Waals surface area contributed by atoms with Crippen LogP contribution in [0.4, 0.5) is 5.69 Å². The number of hydrogen-bond donors (Lipinski definition) is 1. The van der Waals surface area contributed by atoms with Crippen molar-refractivity contribution in [3.05, 3.63) is 42.2 Å². The highest BCUT2D eigenvalue weighted by atomic mass is 32.2. The molecular weight excluding hydrogens is 292 g/mol. The van der Waals surface area contributed by atoms with Gasteiger partial charge in [0.1, 0.15) is 11.5 Å². The quantitative estimate of drug-likeness (QED) is 0.885. The number of furan rings is 1. The molecule has 1 aromatic carbocycles. The third-order valence-corrected chi connectivity index (χ3v) is 4.62. The van der Waals surface area contributed by atoms with Crippen molar-refractivity contribution in [2.24, 2.45) is 0 Å². The molecule has 6 nitrogen and oxygen atoms in total. The molecule has 0 atom stereocenters. The Balaban J connectivity index is 2.03. The lowest BCUT2D eigenvalue weighted by molar-refractivity contribution is 0.402. The summed E-state index contributed by atoms with van der Waals surface area (Å²) < 4.78 is 35.3. The highest BCUT2D eigenvalue weighted by Crippen LogP contribution is 2.19. The minimum Gasteiger partial charge on any atom is -0.497 e. The van der Waals surface area contributed by atoms with Crippen molar-refractivity contribution in [2.45, 2.75) is 11.6 Å². The summed E-state index contributed by atoms with van der Waals surface area (Å²) in [5.74, 6) is 1.32. The highest BCUT2D eigenvalue weighted by Gasteiger charge is 2.21. The van der Waals surface area contributed by atoms with E-state index >= 15 is 0 Å². The Morgan fingerprint density at radius 3 is 2.38 bits per heavy atom. The second-order valence-electron chi connectivity index (χ2n) is 4.59. The lowest BCUT2D eigenvalue weighted by Gasteiger charge is -2.08. The normalized spacial score (nSPS) is 11.6. The van der Waals surface area contributed by atoms with Crippen LogP contribution in [0.15, 0.2) is 45.9 Å². The van der Waals surface area contributed by atoms with E-state index in [1.165, 1.54) is 20.2 Å². The molecule has 1 heterocycles. The Morgan fingerprint density at radius 2 is 1.81 bits per heavy atom. The number of hydrogen-bond acceptors (Lipinski definition) is 5. The van der Waals surface area contributed by atoms with Crippen molar-refractivity contribution in [1.82, 2.24) is 4.31 Å². The molecule has 0 fully saturated rings. The van der Waals surface area contributed by atoms with Gasteiger partial charge in [0.05, 0.1) is 13.7 Å². The van der Waals surface area contributed by atoms with Crippen molar-refractivity contribution in [2.75, 3.05) is 26.5 Å². The van der Waals surface area contributed by atoms with Crippen LogP contribution in [0.1, 0.15) is 5.76 Å². The average molecular weight is 310 g/mol. The largest absolute Gasteiger partial charge is 0.497 e. The SMILES string of the molecule is COc1ccc(NCc2ccc(S(=O)(=O)N(C)C)o2)cc1. The van der Waals surface area contributed by atoms with Gasteiger partial charge in [0, 0.05) is 19.8 Å². The Kier molecular flexibility index (Phi) is 4.54. The number of nitrogens with one attached hydrogen (secondary N) is 1. The van der Waals surface area contributed by atoms with E-state index in [9.17, 15) is 8.42 Å². The monoisotopic (exact) mass is 310 g/mol. The minimum atomic E-state index is -3.53. The summed E-state index contributed by atoms with van der Waals surface area (Å²) in [6.45, 7) is 0.398. The molecule has 0 unspecified atom stereocenters. The molecular formula is C14H18N2O4S. The molecule has 2 aromatic rings. The second kappa shape index (κ2) is 6.19. The van der Waals surface area contributed by atoms with E-state index in [4.69, 9.17) is 9.15 Å². The highest BCUT2D eigenvalue weighted by molar-refractivity contribution is 7.88. The molecule has 21 heavy (non-hydrogen) atoms. The van der Waals surface area contributed by atoms with Crippen LogP contribution >= 0.6 is 0 Å². The Bertz CT molecular complexity index is 690. The number of ether oxygens (including phenoxy) is 1. The first kappa shape index (κ1) is 15.4. The molecule has 0 bridgehead atoms. The van der Waals surface area contributed by atoms with E-state index in [0.29, 0.717) is 12.3 Å². The maximum absolute atomic E-state index is 11.9. The topological polar surface area (TPSA) is 71.8 Å². The smallest absolute Gasteiger partial charge is 0.275 e. The average Bonchev–Trinajstić information content (AvgIpc) is 2.95. The Morgan fingerprint density at radius 1 is 1.14 bits per heavy atom. The number of sulfonamides is 1. The van der Waals surface area contributed by atoms with E-state index < -0.39 is 10.0 Å². The van der Waals surface area contributed by atoms with Crippen LogP contribution in [0, 0.1) is 0 Å². The summed E-state index contributed by atoms with van der Waals surface area (Å²) >= 11 is 0. The standard InChI is InChI=1S/C14H18N2O4S/c1-16(2)21(17,18)14-9-8-13(20-14)10-15-11-4-6-12(19-3)7-5-11/h4-9,15H,10H2,1-3H3. The van der Waals surface area contributed by atoms with Gasteiger partial charge in [-0.25, -0.2) is 12.7 Å². The molecule has 0 saturated heterocycles. The van der Waals surface area contributed by atoms with E-state index in [-0.39, 0.29) is 5.09 Å². The maximum atomic E-state index is 11.9. The van der Waals surface area contributed by atoms with Crippen LogP contribution in [-0.4, -0.2) is 33.9 Å². The third kappa shape index (κ3) is 3.56. The van der Waals surface area contributed by atoms with Gasteiger partial charge in [-0.2, -0.15) is 0 Å². The maximum Gasteiger partial charge on any atom is 0.275 e. The van der Waals surface area contributed by atoms with Crippen LogP contribution in [0.5, 0.6) is 5.75 Å². The first-order chi connectivity index (χ1) is 9.93. The second-order valence-corrected chi connectivity index (χ2v) is 6.67. The van der Waals surface area contributed by atoms with Gasteiger partial charge in [-0.05, 0) is 36.4 Å². The molecule has 114 valence electrons. The molecule has 0 spiro atoms. The van der Waals surface area contributed by atoms with Gasteiger partial charge in [-0.3, -0.25) is 0 Å². The minimum absolute atomic E-state index is 0.0565. The summed E-state index contributed by atoms with van der Waals surface area (Å²) in [6.07, 6.45) is 0. The Hall–Kier alpha value is -1.99. The molecule has 7 heteroatoms. The fraction of sp³-hybridized carbons (Fsp3) is 0.286. The zero-order valence-corrected chi connectivity index (χ0v) is 13.0. The van der Waals surface area contributed by atoms with Crippen LogP contribution in [0.3, 0.4) is 0 Å².